The van der Waals surface area contributed by atoms with Crippen LogP contribution in [-0.4, -0.2) is 35.5 Å². The third kappa shape index (κ3) is 3.80. The molecule has 0 unspecified atom stereocenters. The summed E-state index contributed by atoms with van der Waals surface area (Å²) in [4.78, 5) is 14.4. The number of carbonyl (C=O) groups is 1. The Labute approximate surface area is 138 Å². The van der Waals surface area contributed by atoms with Crippen molar-refractivity contribution in [2.24, 2.45) is 11.7 Å². The van der Waals surface area contributed by atoms with E-state index in [9.17, 15) is 4.79 Å². The van der Waals surface area contributed by atoms with E-state index in [1.807, 2.05) is 23.1 Å². The Bertz CT molecular complexity index is 511. The SMILES string of the molecule is CC(C)(N)C(=O)N1C[C@@H](c2ccccc2)O[C@@H](C2CC2)C1.Cl. The first kappa shape index (κ1) is 17.3. The van der Waals surface area contributed by atoms with E-state index < -0.39 is 5.54 Å². The van der Waals surface area contributed by atoms with Crippen LogP contribution >= 0.6 is 12.4 Å². The highest BCUT2D eigenvalue weighted by Gasteiger charge is 2.41. The molecule has 22 heavy (non-hydrogen) atoms. The molecule has 1 aliphatic heterocycles. The summed E-state index contributed by atoms with van der Waals surface area (Å²) in [5, 5.41) is 0. The summed E-state index contributed by atoms with van der Waals surface area (Å²) in [6, 6.07) is 10.2. The molecule has 2 N–H and O–H groups in total. The standard InChI is InChI=1S/C17H24N2O2.ClH/c1-17(2,18)16(20)19-10-14(12-6-4-3-5-7-12)21-15(11-19)13-8-9-13;/h3-7,13-15H,8-11,18H2,1-2H3;1H/t14-,15+;/m0./s1. The molecule has 0 bridgehead atoms. The number of hydrogen-bond donors (Lipinski definition) is 1. The first-order chi connectivity index (χ1) is 9.95. The van der Waals surface area contributed by atoms with Gasteiger partial charge in [-0.1, -0.05) is 30.3 Å². The molecule has 1 heterocycles. The van der Waals surface area contributed by atoms with Gasteiger partial charge in [0.05, 0.1) is 18.2 Å². The van der Waals surface area contributed by atoms with Crippen LogP contribution in [0.15, 0.2) is 30.3 Å². The molecule has 5 heteroatoms. The molecule has 1 aliphatic carbocycles. The molecule has 2 fully saturated rings. The van der Waals surface area contributed by atoms with Gasteiger partial charge in [-0.2, -0.15) is 0 Å². The number of rotatable bonds is 3. The largest absolute Gasteiger partial charge is 0.366 e. The first-order valence-corrected chi connectivity index (χ1v) is 7.74. The summed E-state index contributed by atoms with van der Waals surface area (Å²) in [6.07, 6.45) is 2.52. The van der Waals surface area contributed by atoms with Crippen molar-refractivity contribution in [1.29, 1.82) is 0 Å². The monoisotopic (exact) mass is 324 g/mol. The number of morpholine rings is 1. The zero-order valence-electron chi connectivity index (χ0n) is 13.2. The number of benzene rings is 1. The van der Waals surface area contributed by atoms with Gasteiger partial charge in [-0.25, -0.2) is 0 Å². The van der Waals surface area contributed by atoms with Gasteiger partial charge in [-0.3, -0.25) is 4.79 Å². The number of carbonyl (C=O) groups excluding carboxylic acids is 1. The molecule has 1 aromatic carbocycles. The number of amides is 1. The molecule has 2 atom stereocenters. The highest BCUT2D eigenvalue weighted by atomic mass is 35.5. The highest BCUT2D eigenvalue weighted by Crippen LogP contribution is 2.39. The minimum atomic E-state index is -0.827. The summed E-state index contributed by atoms with van der Waals surface area (Å²) in [5.74, 6) is 0.616. The van der Waals surface area contributed by atoms with Gasteiger partial charge in [0, 0.05) is 6.54 Å². The number of hydrogen-bond acceptors (Lipinski definition) is 3. The molecule has 1 aromatic rings. The van der Waals surface area contributed by atoms with Crippen molar-refractivity contribution >= 4 is 18.3 Å². The Morgan fingerprint density at radius 1 is 1.23 bits per heavy atom. The summed E-state index contributed by atoms with van der Waals surface area (Å²) < 4.78 is 6.25. The van der Waals surface area contributed by atoms with Gasteiger partial charge in [0.25, 0.3) is 0 Å². The lowest BCUT2D eigenvalue weighted by molar-refractivity contribution is -0.152. The molecule has 122 valence electrons. The van der Waals surface area contributed by atoms with Gasteiger partial charge in [0.15, 0.2) is 0 Å². The lowest BCUT2D eigenvalue weighted by Gasteiger charge is -2.40. The molecule has 0 spiro atoms. The van der Waals surface area contributed by atoms with Gasteiger partial charge < -0.3 is 15.4 Å². The van der Waals surface area contributed by atoms with E-state index in [0.29, 0.717) is 19.0 Å². The molecule has 0 aromatic heterocycles. The lowest BCUT2D eigenvalue weighted by Crippen LogP contribution is -2.56. The molecule has 2 aliphatic rings. The molecule has 1 saturated carbocycles. The van der Waals surface area contributed by atoms with E-state index >= 15 is 0 Å². The zero-order chi connectivity index (χ0) is 15.0. The number of nitrogens with zero attached hydrogens (tertiary/aromatic N) is 1. The summed E-state index contributed by atoms with van der Waals surface area (Å²) in [5.41, 5.74) is 6.31. The Morgan fingerprint density at radius 2 is 1.86 bits per heavy atom. The van der Waals surface area contributed by atoms with Crippen LogP contribution in [0.3, 0.4) is 0 Å². The fourth-order valence-corrected chi connectivity index (χ4v) is 2.94. The Balaban J connectivity index is 0.00000176. The van der Waals surface area contributed by atoms with Crippen molar-refractivity contribution in [3.8, 4) is 0 Å². The zero-order valence-corrected chi connectivity index (χ0v) is 14.0. The average Bonchev–Trinajstić information content (AvgIpc) is 3.30. The van der Waals surface area contributed by atoms with E-state index in [-0.39, 0.29) is 30.5 Å². The van der Waals surface area contributed by atoms with E-state index in [4.69, 9.17) is 10.5 Å². The van der Waals surface area contributed by atoms with E-state index in [2.05, 4.69) is 12.1 Å². The topological polar surface area (TPSA) is 55.6 Å². The lowest BCUT2D eigenvalue weighted by atomic mass is 10.0. The van der Waals surface area contributed by atoms with E-state index in [0.717, 1.165) is 5.56 Å². The van der Waals surface area contributed by atoms with Gasteiger partial charge in [0.1, 0.15) is 6.10 Å². The molecule has 4 nitrogen and oxygen atoms in total. The predicted octanol–water partition coefficient (Wildman–Crippen LogP) is 2.52. The van der Waals surface area contributed by atoms with Gasteiger partial charge >= 0.3 is 0 Å². The minimum absolute atomic E-state index is 0. The van der Waals surface area contributed by atoms with Crippen molar-refractivity contribution < 1.29 is 9.53 Å². The molecule has 1 saturated heterocycles. The Morgan fingerprint density at radius 3 is 2.41 bits per heavy atom. The molecular weight excluding hydrogens is 300 g/mol. The van der Waals surface area contributed by atoms with Gasteiger partial charge in [-0.15, -0.1) is 12.4 Å². The second-order valence-corrected chi connectivity index (χ2v) is 6.84. The van der Waals surface area contributed by atoms with Crippen molar-refractivity contribution in [2.45, 2.75) is 44.4 Å². The molecular formula is C17H25ClN2O2. The fraction of sp³-hybridized carbons (Fsp3) is 0.588. The second-order valence-electron chi connectivity index (χ2n) is 6.84. The van der Waals surface area contributed by atoms with Crippen LogP contribution in [0.1, 0.15) is 38.4 Å². The van der Waals surface area contributed by atoms with Crippen molar-refractivity contribution in [2.75, 3.05) is 13.1 Å². The van der Waals surface area contributed by atoms with Crippen molar-refractivity contribution in [1.82, 2.24) is 4.90 Å². The highest BCUT2D eigenvalue weighted by molar-refractivity contribution is 5.85. The van der Waals surface area contributed by atoms with Crippen LogP contribution in [0.5, 0.6) is 0 Å². The van der Waals surface area contributed by atoms with Crippen LogP contribution in [-0.2, 0) is 9.53 Å². The number of halogens is 1. The summed E-state index contributed by atoms with van der Waals surface area (Å²) in [7, 11) is 0. The maximum Gasteiger partial charge on any atom is 0.242 e. The quantitative estimate of drug-likeness (QED) is 0.929. The number of nitrogens with two attached hydrogens (primary N) is 1. The van der Waals surface area contributed by atoms with Crippen LogP contribution in [0.25, 0.3) is 0 Å². The summed E-state index contributed by atoms with van der Waals surface area (Å²) >= 11 is 0. The van der Waals surface area contributed by atoms with Gasteiger partial charge in [-0.05, 0) is 38.2 Å². The first-order valence-electron chi connectivity index (χ1n) is 7.74. The molecule has 1 amide bonds. The fourth-order valence-electron chi connectivity index (χ4n) is 2.94. The van der Waals surface area contributed by atoms with Crippen LogP contribution < -0.4 is 5.73 Å². The third-order valence-electron chi connectivity index (χ3n) is 4.28. The van der Waals surface area contributed by atoms with Crippen LogP contribution in [0.4, 0.5) is 0 Å². The Hall–Kier alpha value is -1.10. The molecule has 0 radical (unpaired) electrons. The van der Waals surface area contributed by atoms with Crippen LogP contribution in [0, 0.1) is 5.92 Å². The van der Waals surface area contributed by atoms with Crippen molar-refractivity contribution in [3.63, 3.8) is 0 Å². The second kappa shape index (κ2) is 6.57. The van der Waals surface area contributed by atoms with Crippen molar-refractivity contribution in [3.05, 3.63) is 35.9 Å². The maximum absolute atomic E-state index is 12.5. The average molecular weight is 325 g/mol. The maximum atomic E-state index is 12.5. The molecule has 3 rings (SSSR count). The van der Waals surface area contributed by atoms with Crippen LogP contribution in [0.2, 0.25) is 0 Å². The predicted molar refractivity (Wildman–Crippen MR) is 88.9 cm³/mol. The summed E-state index contributed by atoms with van der Waals surface area (Å²) in [6.45, 7) is 4.81. The number of ether oxygens (including phenoxy) is 1. The normalized spacial score (nSPS) is 25.5. The minimum Gasteiger partial charge on any atom is -0.366 e. The Kier molecular flexibility index (Phi) is 5.15. The van der Waals surface area contributed by atoms with Gasteiger partial charge in [0.2, 0.25) is 5.91 Å². The third-order valence-corrected chi connectivity index (χ3v) is 4.28. The van der Waals surface area contributed by atoms with E-state index in [1.165, 1.54) is 12.8 Å². The van der Waals surface area contributed by atoms with E-state index in [1.54, 1.807) is 13.8 Å². The smallest absolute Gasteiger partial charge is 0.242 e.